The summed E-state index contributed by atoms with van der Waals surface area (Å²) in [5.74, 6) is -1.74. The van der Waals surface area contributed by atoms with Crippen LogP contribution in [-0.2, 0) is 25.7 Å². The van der Waals surface area contributed by atoms with Crippen molar-refractivity contribution in [3.8, 4) is 0 Å². The number of ether oxygens (including phenoxy) is 1. The third kappa shape index (κ3) is 5.25. The first-order valence-electron chi connectivity index (χ1n) is 9.62. The average Bonchev–Trinajstić information content (AvgIpc) is 3.37. The van der Waals surface area contributed by atoms with Crippen molar-refractivity contribution in [1.82, 2.24) is 15.5 Å². The van der Waals surface area contributed by atoms with Crippen molar-refractivity contribution in [3.63, 3.8) is 0 Å². The van der Waals surface area contributed by atoms with E-state index in [2.05, 4.69) is 10.6 Å². The van der Waals surface area contributed by atoms with Crippen LogP contribution in [0.4, 0.5) is 4.79 Å². The van der Waals surface area contributed by atoms with Gasteiger partial charge >= 0.3 is 12.0 Å². The maximum Gasteiger partial charge on any atom is 0.321 e. The van der Waals surface area contributed by atoms with Crippen molar-refractivity contribution in [2.45, 2.75) is 26.0 Å². The van der Waals surface area contributed by atoms with E-state index in [1.807, 2.05) is 0 Å². The maximum atomic E-state index is 12.7. The lowest BCUT2D eigenvalue weighted by atomic mass is 10.1. The number of carbonyl (C=O) groups is 4. The van der Waals surface area contributed by atoms with Crippen molar-refractivity contribution in [2.75, 3.05) is 13.1 Å². The van der Waals surface area contributed by atoms with Gasteiger partial charge < -0.3 is 19.4 Å². The largest absolute Gasteiger partial charge is 0.467 e. The third-order valence-corrected chi connectivity index (χ3v) is 4.62. The van der Waals surface area contributed by atoms with Gasteiger partial charge in [0, 0.05) is 25.1 Å². The fraction of sp³-hybridized carbons (Fsp3) is 0.333. The Hall–Kier alpha value is -3.62. The number of esters is 1. The second kappa shape index (κ2) is 9.73. The van der Waals surface area contributed by atoms with Gasteiger partial charge in [-0.2, -0.15) is 0 Å². The lowest BCUT2D eigenvalue weighted by molar-refractivity contribution is -0.159. The summed E-state index contributed by atoms with van der Waals surface area (Å²) in [6.07, 6.45) is 0.189. The molecule has 1 aliphatic rings. The van der Waals surface area contributed by atoms with Gasteiger partial charge in [-0.3, -0.25) is 19.7 Å². The van der Waals surface area contributed by atoms with Gasteiger partial charge in [0.2, 0.25) is 12.0 Å². The highest BCUT2D eigenvalue weighted by Crippen LogP contribution is 2.25. The molecule has 1 aromatic heterocycles. The van der Waals surface area contributed by atoms with E-state index in [0.29, 0.717) is 17.9 Å². The number of amides is 4. The molecule has 1 saturated heterocycles. The lowest BCUT2D eigenvalue weighted by Crippen LogP contribution is -2.43. The van der Waals surface area contributed by atoms with E-state index in [4.69, 9.17) is 9.15 Å². The molecule has 0 spiro atoms. The first kappa shape index (κ1) is 21.1. The van der Waals surface area contributed by atoms with E-state index >= 15 is 0 Å². The number of likely N-dealkylation sites (tertiary alicyclic amines) is 1. The van der Waals surface area contributed by atoms with Crippen LogP contribution in [0.5, 0.6) is 0 Å². The van der Waals surface area contributed by atoms with Gasteiger partial charge in [-0.1, -0.05) is 30.3 Å². The lowest BCUT2D eigenvalue weighted by Gasteiger charge is -2.20. The Bertz CT molecular complexity index is 897. The molecule has 9 heteroatoms. The monoisotopic (exact) mass is 413 g/mol. The van der Waals surface area contributed by atoms with Gasteiger partial charge in [0.15, 0.2) is 0 Å². The summed E-state index contributed by atoms with van der Waals surface area (Å²) in [6.45, 7) is 2.47. The van der Waals surface area contributed by atoms with Crippen LogP contribution in [0.1, 0.15) is 30.8 Å². The Morgan fingerprint density at radius 2 is 1.97 bits per heavy atom. The Kier molecular flexibility index (Phi) is 6.84. The highest BCUT2D eigenvalue weighted by Gasteiger charge is 2.38. The zero-order chi connectivity index (χ0) is 21.5. The van der Waals surface area contributed by atoms with E-state index in [1.165, 1.54) is 11.2 Å². The second-order valence-electron chi connectivity index (χ2n) is 6.83. The van der Waals surface area contributed by atoms with Crippen molar-refractivity contribution in [3.05, 3.63) is 60.1 Å². The molecule has 1 fully saturated rings. The van der Waals surface area contributed by atoms with Gasteiger partial charge in [-0.05, 0) is 19.1 Å². The summed E-state index contributed by atoms with van der Waals surface area (Å²) in [5, 5.41) is 4.62. The Morgan fingerprint density at radius 1 is 1.20 bits per heavy atom. The number of benzene rings is 1. The summed E-state index contributed by atoms with van der Waals surface area (Å²) in [6, 6.07) is 11.2. The number of nitrogens with zero attached hydrogens (tertiary/aromatic N) is 1. The molecule has 1 aliphatic heterocycles. The van der Waals surface area contributed by atoms with Crippen molar-refractivity contribution in [2.24, 2.45) is 5.92 Å². The highest BCUT2D eigenvalue weighted by molar-refractivity contribution is 5.98. The molecule has 3 rings (SSSR count). The minimum absolute atomic E-state index is 0.0149. The molecule has 0 aliphatic carbocycles. The third-order valence-electron chi connectivity index (χ3n) is 4.62. The molecule has 0 unspecified atom stereocenters. The predicted molar refractivity (Wildman–Crippen MR) is 105 cm³/mol. The summed E-state index contributed by atoms with van der Waals surface area (Å²) >= 11 is 0. The molecule has 2 heterocycles. The molecule has 2 aromatic rings. The van der Waals surface area contributed by atoms with Gasteiger partial charge in [0.25, 0.3) is 5.91 Å². The zero-order valence-corrected chi connectivity index (χ0v) is 16.5. The average molecular weight is 413 g/mol. The quantitative estimate of drug-likeness (QED) is 0.668. The summed E-state index contributed by atoms with van der Waals surface area (Å²) in [5.41, 5.74) is 0.421. The number of furan rings is 1. The fourth-order valence-corrected chi connectivity index (χ4v) is 3.17. The smallest absolute Gasteiger partial charge is 0.321 e. The number of rotatable bonds is 7. The van der Waals surface area contributed by atoms with E-state index in [1.54, 1.807) is 49.4 Å². The first-order valence-corrected chi connectivity index (χ1v) is 9.62. The van der Waals surface area contributed by atoms with Gasteiger partial charge in [0.05, 0.1) is 18.7 Å². The number of hydrogen-bond donors (Lipinski definition) is 2. The number of hydrogen-bond acceptors (Lipinski definition) is 6. The highest BCUT2D eigenvalue weighted by atomic mass is 16.5. The normalized spacial score (nSPS) is 16.8. The van der Waals surface area contributed by atoms with Gasteiger partial charge in [0.1, 0.15) is 5.76 Å². The van der Waals surface area contributed by atoms with Gasteiger partial charge in [-0.15, -0.1) is 0 Å². The molecule has 0 saturated carbocycles. The fourth-order valence-electron chi connectivity index (χ4n) is 3.17. The molecular weight excluding hydrogens is 390 g/mol. The van der Waals surface area contributed by atoms with Crippen LogP contribution in [-0.4, -0.2) is 41.8 Å². The molecular formula is C21H23N3O6. The van der Waals surface area contributed by atoms with E-state index in [-0.39, 0.29) is 25.4 Å². The standard InChI is InChI=1S/C21H23N3O6/c1-2-22-21(28)23-19(26)18(14-7-4-3-5-8-14)30-20(27)15-11-17(25)24(12-15)13-16-9-6-10-29-16/h3-10,15,18H,2,11-13H2,1H3,(H2,22,23,26,28)/t15-,18-/m0/s1. The van der Waals surface area contributed by atoms with E-state index in [9.17, 15) is 19.2 Å². The Morgan fingerprint density at radius 3 is 2.63 bits per heavy atom. The van der Waals surface area contributed by atoms with Crippen LogP contribution < -0.4 is 10.6 Å². The molecule has 0 radical (unpaired) electrons. The molecule has 0 bridgehead atoms. The van der Waals surface area contributed by atoms with Crippen LogP contribution in [0.25, 0.3) is 0 Å². The maximum absolute atomic E-state index is 12.7. The SMILES string of the molecule is CCNC(=O)NC(=O)[C@@H](OC(=O)[C@H]1CC(=O)N(Cc2ccco2)C1)c1ccccc1. The van der Waals surface area contributed by atoms with E-state index < -0.39 is 29.9 Å². The second-order valence-corrected chi connectivity index (χ2v) is 6.83. The van der Waals surface area contributed by atoms with E-state index in [0.717, 1.165) is 0 Å². The minimum atomic E-state index is -1.31. The molecule has 2 atom stereocenters. The summed E-state index contributed by atoms with van der Waals surface area (Å²) in [7, 11) is 0. The number of imide groups is 1. The van der Waals surface area contributed by atoms with Crippen LogP contribution >= 0.6 is 0 Å². The molecule has 30 heavy (non-hydrogen) atoms. The molecule has 4 amide bonds. The number of nitrogens with one attached hydrogen (secondary N) is 2. The minimum Gasteiger partial charge on any atom is -0.467 e. The van der Waals surface area contributed by atoms with Crippen molar-refractivity contribution >= 4 is 23.8 Å². The predicted octanol–water partition coefficient (Wildman–Crippen LogP) is 1.76. The van der Waals surface area contributed by atoms with Gasteiger partial charge in [-0.25, -0.2) is 4.79 Å². The van der Waals surface area contributed by atoms with Crippen LogP contribution in [0.2, 0.25) is 0 Å². The number of carbonyl (C=O) groups excluding carboxylic acids is 4. The summed E-state index contributed by atoms with van der Waals surface area (Å²) < 4.78 is 10.7. The molecule has 1 aromatic carbocycles. The Balaban J connectivity index is 1.68. The van der Waals surface area contributed by atoms with Crippen LogP contribution in [0.3, 0.4) is 0 Å². The van der Waals surface area contributed by atoms with Crippen molar-refractivity contribution in [1.29, 1.82) is 0 Å². The number of urea groups is 1. The topological polar surface area (TPSA) is 118 Å². The first-order chi connectivity index (χ1) is 14.5. The molecule has 158 valence electrons. The molecule has 9 nitrogen and oxygen atoms in total. The van der Waals surface area contributed by atoms with Crippen molar-refractivity contribution < 1.29 is 28.3 Å². The van der Waals surface area contributed by atoms with Crippen LogP contribution in [0.15, 0.2) is 53.1 Å². The molecule has 2 N–H and O–H groups in total. The zero-order valence-electron chi connectivity index (χ0n) is 16.5. The van der Waals surface area contributed by atoms with Crippen LogP contribution in [0, 0.1) is 5.92 Å². The summed E-state index contributed by atoms with van der Waals surface area (Å²) in [4.78, 5) is 50.8. The Labute approximate surface area is 173 Å².